The second-order valence-electron chi connectivity index (χ2n) is 6.14. The van der Waals surface area contributed by atoms with Gasteiger partial charge in [0, 0.05) is 26.4 Å². The standard InChI is InChI=1S/C14H21ClN4OSSi/c1-21-14-17-13(11-5-6-12(15)16-9-11)19(18-14)10-20-7-8-22(2,3)4/h5-6,9H,7-8,10H2,1-4H3. The average Bonchev–Trinajstić information content (AvgIpc) is 2.87. The van der Waals surface area contributed by atoms with Crippen molar-refractivity contribution in [2.75, 3.05) is 12.9 Å². The maximum Gasteiger partial charge on any atom is 0.208 e. The minimum atomic E-state index is -1.08. The Labute approximate surface area is 141 Å². The van der Waals surface area contributed by atoms with E-state index in [9.17, 15) is 0 Å². The highest BCUT2D eigenvalue weighted by Crippen LogP contribution is 2.21. The van der Waals surface area contributed by atoms with Gasteiger partial charge >= 0.3 is 0 Å². The first-order chi connectivity index (χ1) is 10.4. The maximum absolute atomic E-state index is 5.84. The molecule has 0 unspecified atom stereocenters. The molecule has 2 aromatic heterocycles. The van der Waals surface area contributed by atoms with E-state index in [2.05, 4.69) is 34.7 Å². The molecule has 8 heteroatoms. The van der Waals surface area contributed by atoms with Gasteiger partial charge in [0.15, 0.2) is 5.82 Å². The minimum absolute atomic E-state index is 0.399. The van der Waals surface area contributed by atoms with Crippen molar-refractivity contribution in [1.29, 1.82) is 0 Å². The molecule has 2 aromatic rings. The lowest BCUT2D eigenvalue weighted by molar-refractivity contribution is 0.0789. The second kappa shape index (κ2) is 7.59. The van der Waals surface area contributed by atoms with Crippen molar-refractivity contribution in [3.8, 4) is 11.4 Å². The molecule has 0 radical (unpaired) electrons. The van der Waals surface area contributed by atoms with E-state index in [-0.39, 0.29) is 0 Å². The van der Waals surface area contributed by atoms with Crippen LogP contribution in [0.2, 0.25) is 30.8 Å². The summed E-state index contributed by atoms with van der Waals surface area (Å²) in [5.41, 5.74) is 0.881. The van der Waals surface area contributed by atoms with Crippen molar-refractivity contribution in [2.24, 2.45) is 0 Å². The number of halogens is 1. The van der Waals surface area contributed by atoms with Crippen LogP contribution in [-0.2, 0) is 11.5 Å². The Kier molecular flexibility index (Phi) is 6.02. The number of pyridine rings is 1. The Bertz CT molecular complexity index is 612. The summed E-state index contributed by atoms with van der Waals surface area (Å²) < 4.78 is 7.56. The van der Waals surface area contributed by atoms with Gasteiger partial charge in [-0.1, -0.05) is 43.0 Å². The normalized spacial score (nSPS) is 11.9. The van der Waals surface area contributed by atoms with Gasteiger partial charge in [-0.2, -0.15) is 0 Å². The van der Waals surface area contributed by atoms with Gasteiger partial charge in [0.25, 0.3) is 0 Å². The van der Waals surface area contributed by atoms with Crippen LogP contribution in [0.25, 0.3) is 11.4 Å². The van der Waals surface area contributed by atoms with Gasteiger partial charge in [-0.15, -0.1) is 5.10 Å². The Morgan fingerprint density at radius 1 is 1.32 bits per heavy atom. The first-order valence-electron chi connectivity index (χ1n) is 7.07. The van der Waals surface area contributed by atoms with Gasteiger partial charge in [0.2, 0.25) is 5.16 Å². The van der Waals surface area contributed by atoms with Crippen LogP contribution >= 0.6 is 23.4 Å². The number of aromatic nitrogens is 4. The summed E-state index contributed by atoms with van der Waals surface area (Å²) in [6.45, 7) is 8.16. The van der Waals surface area contributed by atoms with Crippen LogP contribution in [0, 0.1) is 0 Å². The highest BCUT2D eigenvalue weighted by Gasteiger charge is 2.14. The zero-order valence-corrected chi connectivity index (χ0v) is 15.9. The molecule has 2 rings (SSSR count). The molecular formula is C14H21ClN4OSSi. The summed E-state index contributed by atoms with van der Waals surface area (Å²) in [6.07, 6.45) is 3.66. The van der Waals surface area contributed by atoms with Crippen molar-refractivity contribution >= 4 is 31.4 Å². The minimum Gasteiger partial charge on any atom is -0.359 e. The largest absolute Gasteiger partial charge is 0.359 e. The van der Waals surface area contributed by atoms with Crippen molar-refractivity contribution < 1.29 is 4.74 Å². The van der Waals surface area contributed by atoms with Crippen molar-refractivity contribution in [2.45, 2.75) is 37.6 Å². The molecule has 0 N–H and O–H groups in total. The third kappa shape index (κ3) is 5.08. The van der Waals surface area contributed by atoms with E-state index in [1.54, 1.807) is 16.9 Å². The molecule has 5 nitrogen and oxygen atoms in total. The fourth-order valence-electron chi connectivity index (χ4n) is 1.75. The molecule has 0 amide bonds. The molecule has 0 saturated carbocycles. The molecule has 0 aliphatic heterocycles. The van der Waals surface area contributed by atoms with Gasteiger partial charge < -0.3 is 4.74 Å². The molecule has 120 valence electrons. The molecule has 22 heavy (non-hydrogen) atoms. The molecular weight excluding hydrogens is 336 g/mol. The topological polar surface area (TPSA) is 52.8 Å². The van der Waals surface area contributed by atoms with Crippen molar-refractivity contribution in [3.63, 3.8) is 0 Å². The van der Waals surface area contributed by atoms with E-state index >= 15 is 0 Å². The number of thioether (sulfide) groups is 1. The Morgan fingerprint density at radius 3 is 2.68 bits per heavy atom. The van der Waals surface area contributed by atoms with Crippen LogP contribution in [0.5, 0.6) is 0 Å². The quantitative estimate of drug-likeness (QED) is 0.324. The predicted molar refractivity (Wildman–Crippen MR) is 94.1 cm³/mol. The van der Waals surface area contributed by atoms with E-state index < -0.39 is 8.07 Å². The highest BCUT2D eigenvalue weighted by molar-refractivity contribution is 7.98. The molecule has 0 fully saturated rings. The Morgan fingerprint density at radius 2 is 2.09 bits per heavy atom. The summed E-state index contributed by atoms with van der Waals surface area (Å²) in [6, 6.07) is 4.78. The molecule has 2 heterocycles. The lowest BCUT2D eigenvalue weighted by atomic mass is 10.3. The van der Waals surface area contributed by atoms with Crippen LogP contribution in [-0.4, -0.2) is 40.7 Å². The number of hydrogen-bond acceptors (Lipinski definition) is 5. The van der Waals surface area contributed by atoms with Crippen LogP contribution in [0.3, 0.4) is 0 Å². The summed E-state index contributed by atoms with van der Waals surface area (Å²) >= 11 is 7.34. The smallest absolute Gasteiger partial charge is 0.208 e. The lowest BCUT2D eigenvalue weighted by Crippen LogP contribution is -2.22. The van der Waals surface area contributed by atoms with Crippen LogP contribution in [0.15, 0.2) is 23.5 Å². The number of hydrogen-bond donors (Lipinski definition) is 0. The van der Waals surface area contributed by atoms with Crippen molar-refractivity contribution in [1.82, 2.24) is 19.7 Å². The molecule has 0 aromatic carbocycles. The number of rotatable bonds is 7. The molecule has 0 bridgehead atoms. The van der Waals surface area contributed by atoms with Gasteiger partial charge in [-0.05, 0) is 24.4 Å². The zero-order valence-electron chi connectivity index (χ0n) is 13.3. The average molecular weight is 357 g/mol. The van der Waals surface area contributed by atoms with Crippen molar-refractivity contribution in [3.05, 3.63) is 23.5 Å². The van der Waals surface area contributed by atoms with Crippen LogP contribution in [0.1, 0.15) is 0 Å². The van der Waals surface area contributed by atoms with E-state index in [1.165, 1.54) is 11.8 Å². The summed E-state index contributed by atoms with van der Waals surface area (Å²) in [4.78, 5) is 8.62. The number of nitrogens with zero attached hydrogens (tertiary/aromatic N) is 4. The van der Waals surface area contributed by atoms with Gasteiger partial charge in [0.05, 0.1) is 0 Å². The molecule has 0 aliphatic rings. The third-order valence-electron chi connectivity index (χ3n) is 3.03. The highest BCUT2D eigenvalue weighted by atomic mass is 35.5. The Balaban J connectivity index is 2.10. The van der Waals surface area contributed by atoms with E-state index in [0.29, 0.717) is 11.9 Å². The van der Waals surface area contributed by atoms with E-state index in [4.69, 9.17) is 16.3 Å². The van der Waals surface area contributed by atoms with Crippen LogP contribution in [0.4, 0.5) is 0 Å². The van der Waals surface area contributed by atoms with Gasteiger partial charge in [-0.3, -0.25) is 0 Å². The maximum atomic E-state index is 5.84. The SMILES string of the molecule is CSc1nc(-c2ccc(Cl)nc2)n(COCC[Si](C)(C)C)n1. The van der Waals surface area contributed by atoms with E-state index in [1.807, 2.05) is 12.3 Å². The summed E-state index contributed by atoms with van der Waals surface area (Å²) in [5.74, 6) is 0.751. The molecule has 0 aliphatic carbocycles. The summed E-state index contributed by atoms with van der Waals surface area (Å²) in [5, 5.41) is 5.64. The summed E-state index contributed by atoms with van der Waals surface area (Å²) in [7, 11) is -1.08. The molecule has 0 spiro atoms. The fraction of sp³-hybridized carbons (Fsp3) is 0.500. The monoisotopic (exact) mass is 356 g/mol. The lowest BCUT2D eigenvalue weighted by Gasteiger charge is -2.15. The fourth-order valence-corrected chi connectivity index (χ4v) is 2.98. The van der Waals surface area contributed by atoms with Gasteiger partial charge in [-0.25, -0.2) is 14.6 Å². The van der Waals surface area contributed by atoms with Crippen LogP contribution < -0.4 is 0 Å². The third-order valence-corrected chi connectivity index (χ3v) is 5.50. The van der Waals surface area contributed by atoms with Gasteiger partial charge in [0.1, 0.15) is 11.9 Å². The molecule has 0 saturated heterocycles. The first kappa shape index (κ1) is 17.5. The first-order valence-corrected chi connectivity index (χ1v) is 12.4. The van der Waals surface area contributed by atoms with E-state index in [0.717, 1.165) is 29.2 Å². The molecule has 0 atom stereocenters. The Hall–Kier alpha value is -0.893. The number of ether oxygens (including phenoxy) is 1. The second-order valence-corrected chi connectivity index (χ2v) is 12.9. The predicted octanol–water partition coefficient (Wildman–Crippen LogP) is 4.03. The zero-order chi connectivity index (χ0) is 16.2.